The lowest BCUT2D eigenvalue weighted by atomic mass is 9.51. The van der Waals surface area contributed by atoms with Gasteiger partial charge in [0.1, 0.15) is 5.75 Å². The monoisotopic (exact) mass is 420 g/mol. The van der Waals surface area contributed by atoms with Crippen molar-refractivity contribution in [2.75, 3.05) is 25.9 Å². The number of piperidine rings is 2. The summed E-state index contributed by atoms with van der Waals surface area (Å²) < 4.78 is 25.4. The van der Waals surface area contributed by atoms with Gasteiger partial charge < -0.3 is 10.0 Å². The molecule has 3 atom stereocenters. The van der Waals surface area contributed by atoms with Gasteiger partial charge >= 0.3 is 0 Å². The number of fused-ring (bicyclic) bond motifs is 4. The lowest BCUT2D eigenvalue weighted by molar-refractivity contribution is -0.149. The number of carbonyl (C=O) groups is 1. The van der Waals surface area contributed by atoms with Gasteiger partial charge in [-0.2, -0.15) is 0 Å². The van der Waals surface area contributed by atoms with Crippen LogP contribution in [0.5, 0.6) is 5.75 Å². The molecule has 1 unspecified atom stereocenters. The topological polar surface area (TPSA) is 77.9 Å². The highest BCUT2D eigenvalue weighted by Crippen LogP contribution is 2.57. The van der Waals surface area contributed by atoms with Crippen LogP contribution < -0.4 is 0 Å². The van der Waals surface area contributed by atoms with Gasteiger partial charge in [-0.25, -0.2) is 12.7 Å². The normalized spacial score (nSPS) is 31.9. The molecule has 2 aliphatic heterocycles. The van der Waals surface area contributed by atoms with Crippen molar-refractivity contribution in [2.24, 2.45) is 11.3 Å². The first-order valence-corrected chi connectivity index (χ1v) is 12.4. The fourth-order valence-corrected chi connectivity index (χ4v) is 6.78. The molecule has 1 aromatic carbocycles. The maximum Gasteiger partial charge on any atom is 0.227 e. The average molecular weight is 421 g/mol. The van der Waals surface area contributed by atoms with Gasteiger partial charge in [-0.05, 0) is 48.3 Å². The Kier molecular flexibility index (Phi) is 4.78. The van der Waals surface area contributed by atoms with Crippen LogP contribution in [0.15, 0.2) is 18.2 Å². The zero-order valence-corrected chi connectivity index (χ0v) is 18.6. The zero-order chi connectivity index (χ0) is 21.2. The lowest BCUT2D eigenvalue weighted by Gasteiger charge is -2.61. The van der Waals surface area contributed by atoms with Crippen LogP contribution >= 0.6 is 0 Å². The van der Waals surface area contributed by atoms with Crippen molar-refractivity contribution in [3.8, 4) is 5.75 Å². The second-order valence-corrected chi connectivity index (χ2v) is 11.8. The van der Waals surface area contributed by atoms with Crippen LogP contribution in [0.4, 0.5) is 0 Å². The highest BCUT2D eigenvalue weighted by Gasteiger charge is 2.57. The molecular weight excluding hydrogens is 388 g/mol. The number of likely N-dealkylation sites (tertiary alicyclic amines) is 1. The second kappa shape index (κ2) is 6.71. The molecule has 2 bridgehead atoms. The van der Waals surface area contributed by atoms with Crippen molar-refractivity contribution >= 4 is 15.9 Å². The minimum absolute atomic E-state index is 0.0110. The Bertz CT molecular complexity index is 942. The minimum Gasteiger partial charge on any atom is -0.508 e. The van der Waals surface area contributed by atoms with Gasteiger partial charge in [-0.3, -0.25) is 4.79 Å². The van der Waals surface area contributed by atoms with Crippen LogP contribution in [0.2, 0.25) is 0 Å². The van der Waals surface area contributed by atoms with Crippen molar-refractivity contribution in [3.63, 3.8) is 0 Å². The number of rotatable bonds is 2. The molecule has 1 aromatic rings. The van der Waals surface area contributed by atoms with Gasteiger partial charge in [-0.1, -0.05) is 32.9 Å². The summed E-state index contributed by atoms with van der Waals surface area (Å²) in [6.07, 6.45) is 4.14. The molecule has 2 saturated heterocycles. The first-order chi connectivity index (χ1) is 13.5. The summed E-state index contributed by atoms with van der Waals surface area (Å²) in [5.74, 6) is 0.0891. The maximum atomic E-state index is 13.6. The van der Waals surface area contributed by atoms with Crippen LogP contribution in [0.1, 0.15) is 51.2 Å². The van der Waals surface area contributed by atoms with E-state index in [1.807, 2.05) is 11.0 Å². The number of aromatic hydroxyl groups is 1. The standard InChI is InChI=1S/C22H32N2O4S/c1-21(2)19-13-16-17(8-5-9-18(16)25)22(21,3)10-12-24(19)20(26)15-7-6-11-23(14-15)29(4,27)28/h5,8-9,15,19,25H,6-7,10-14H2,1-4H3/t15?,19-,22+/m1/s1. The smallest absolute Gasteiger partial charge is 0.227 e. The average Bonchev–Trinajstić information content (AvgIpc) is 2.64. The fourth-order valence-electron chi connectivity index (χ4n) is 5.87. The Labute approximate surface area is 173 Å². The van der Waals surface area contributed by atoms with E-state index in [0.717, 1.165) is 18.4 Å². The number of nitrogens with zero attached hydrogens (tertiary/aromatic N) is 2. The molecule has 7 heteroatoms. The zero-order valence-electron chi connectivity index (χ0n) is 17.8. The van der Waals surface area contributed by atoms with E-state index in [9.17, 15) is 18.3 Å². The molecule has 160 valence electrons. The molecule has 0 spiro atoms. The number of hydrogen-bond donors (Lipinski definition) is 1. The van der Waals surface area contributed by atoms with E-state index in [2.05, 4.69) is 26.8 Å². The van der Waals surface area contributed by atoms with E-state index in [0.29, 0.717) is 31.7 Å². The summed E-state index contributed by atoms with van der Waals surface area (Å²) in [5.41, 5.74) is 1.89. The van der Waals surface area contributed by atoms with Gasteiger partial charge in [0.25, 0.3) is 0 Å². The number of sulfonamides is 1. The van der Waals surface area contributed by atoms with E-state index < -0.39 is 10.0 Å². The van der Waals surface area contributed by atoms with E-state index in [1.54, 1.807) is 6.07 Å². The van der Waals surface area contributed by atoms with Gasteiger partial charge in [0.15, 0.2) is 0 Å². The summed E-state index contributed by atoms with van der Waals surface area (Å²) in [6.45, 7) is 8.16. The molecule has 0 radical (unpaired) electrons. The third-order valence-corrected chi connectivity index (χ3v) is 9.38. The number of carbonyl (C=O) groups excluding carboxylic acids is 1. The molecule has 2 fully saturated rings. The van der Waals surface area contributed by atoms with Gasteiger partial charge in [0.2, 0.25) is 15.9 Å². The SMILES string of the molecule is CC1(C)[C@H]2Cc3c(O)cccc3[C@]1(C)CCN2C(=O)C1CCCN(S(C)(=O)=O)C1. The van der Waals surface area contributed by atoms with Crippen molar-refractivity contribution in [2.45, 2.75) is 57.9 Å². The van der Waals surface area contributed by atoms with E-state index in [4.69, 9.17) is 0 Å². The molecule has 6 nitrogen and oxygen atoms in total. The van der Waals surface area contributed by atoms with E-state index >= 15 is 0 Å². The number of phenols is 1. The predicted octanol–water partition coefficient (Wildman–Crippen LogP) is 2.50. The minimum atomic E-state index is -3.29. The number of phenolic OH excluding ortho intramolecular Hbond substituents is 1. The van der Waals surface area contributed by atoms with Crippen LogP contribution in [0.3, 0.4) is 0 Å². The quantitative estimate of drug-likeness (QED) is 0.797. The summed E-state index contributed by atoms with van der Waals surface area (Å²) in [6, 6.07) is 5.75. The van der Waals surface area contributed by atoms with Crippen molar-refractivity contribution in [1.29, 1.82) is 0 Å². The van der Waals surface area contributed by atoms with Crippen molar-refractivity contribution in [3.05, 3.63) is 29.3 Å². The molecule has 1 amide bonds. The number of benzene rings is 1. The first kappa shape index (κ1) is 20.7. The van der Waals surface area contributed by atoms with Crippen molar-refractivity contribution < 1.29 is 18.3 Å². The second-order valence-electron chi connectivity index (χ2n) is 9.82. The molecule has 0 saturated carbocycles. The summed E-state index contributed by atoms with van der Waals surface area (Å²) in [4.78, 5) is 15.6. The number of amides is 1. The molecule has 29 heavy (non-hydrogen) atoms. The number of hydrogen-bond acceptors (Lipinski definition) is 4. The molecule has 1 N–H and O–H groups in total. The molecule has 0 aromatic heterocycles. The Hall–Kier alpha value is -1.60. The fraction of sp³-hybridized carbons (Fsp3) is 0.682. The highest BCUT2D eigenvalue weighted by atomic mass is 32.2. The first-order valence-electron chi connectivity index (χ1n) is 10.5. The predicted molar refractivity (Wildman–Crippen MR) is 112 cm³/mol. The Morgan fingerprint density at radius 1 is 1.21 bits per heavy atom. The third-order valence-electron chi connectivity index (χ3n) is 8.11. The van der Waals surface area contributed by atoms with E-state index in [-0.39, 0.29) is 35.2 Å². The van der Waals surface area contributed by atoms with Gasteiger partial charge in [-0.15, -0.1) is 0 Å². The summed E-state index contributed by atoms with van der Waals surface area (Å²) in [5, 5.41) is 10.5. The van der Waals surface area contributed by atoms with Gasteiger partial charge in [0, 0.05) is 31.1 Å². The highest BCUT2D eigenvalue weighted by molar-refractivity contribution is 7.88. The Balaban J connectivity index is 1.66. The molecule has 4 rings (SSSR count). The van der Waals surface area contributed by atoms with Crippen LogP contribution in [-0.2, 0) is 26.7 Å². The summed E-state index contributed by atoms with van der Waals surface area (Å²) in [7, 11) is -3.29. The van der Waals surface area contributed by atoms with Crippen molar-refractivity contribution in [1.82, 2.24) is 9.21 Å². The Morgan fingerprint density at radius 3 is 2.62 bits per heavy atom. The van der Waals surface area contributed by atoms with Crippen LogP contribution in [-0.4, -0.2) is 60.6 Å². The third kappa shape index (κ3) is 3.08. The lowest BCUT2D eigenvalue weighted by Crippen LogP contribution is -2.66. The molecule has 2 heterocycles. The van der Waals surface area contributed by atoms with Crippen LogP contribution in [0, 0.1) is 11.3 Å². The molecule has 1 aliphatic carbocycles. The maximum absolute atomic E-state index is 13.6. The van der Waals surface area contributed by atoms with Gasteiger partial charge in [0.05, 0.1) is 12.2 Å². The van der Waals surface area contributed by atoms with Crippen LogP contribution in [0.25, 0.3) is 0 Å². The Morgan fingerprint density at radius 2 is 1.93 bits per heavy atom. The summed E-state index contributed by atoms with van der Waals surface area (Å²) >= 11 is 0. The largest absolute Gasteiger partial charge is 0.508 e. The van der Waals surface area contributed by atoms with E-state index in [1.165, 1.54) is 16.1 Å². The molecule has 3 aliphatic rings. The molecular formula is C22H32N2O4S.